The van der Waals surface area contributed by atoms with Crippen LogP contribution in [0.1, 0.15) is 27.8 Å². The highest BCUT2D eigenvalue weighted by Crippen LogP contribution is 2.39. The number of aliphatic imine (C=N–C) groups is 1. The number of carbonyl (C=O) groups is 1. The molecule has 162 valence electrons. The molecule has 0 N–H and O–H groups in total. The van der Waals surface area contributed by atoms with Gasteiger partial charge in [0.1, 0.15) is 5.82 Å². The first-order chi connectivity index (χ1) is 15.2. The maximum Gasteiger partial charge on any atom is 0.271 e. The number of aryl methyl sites for hydroxylation is 4. The van der Waals surface area contributed by atoms with Gasteiger partial charge in [0, 0.05) is 5.56 Å². The lowest BCUT2D eigenvalue weighted by molar-refractivity contribution is -0.113. The monoisotopic (exact) mass is 464 g/mol. The normalized spacial score (nSPS) is 16.4. The van der Waals surface area contributed by atoms with E-state index in [4.69, 9.17) is 16.6 Å². The number of rotatable bonds is 3. The number of halogens is 2. The molecule has 1 aliphatic rings. The predicted molar refractivity (Wildman–Crippen MR) is 133 cm³/mol. The molecule has 1 amide bonds. The Kier molecular flexibility index (Phi) is 6.22. The van der Waals surface area contributed by atoms with E-state index < -0.39 is 5.82 Å². The summed E-state index contributed by atoms with van der Waals surface area (Å²) in [6, 6.07) is 16.2. The summed E-state index contributed by atoms with van der Waals surface area (Å²) >= 11 is 7.41. The maximum atomic E-state index is 14.4. The highest BCUT2D eigenvalue weighted by Gasteiger charge is 2.35. The first kappa shape index (κ1) is 22.3. The van der Waals surface area contributed by atoms with Crippen LogP contribution in [0.15, 0.2) is 64.5 Å². The molecule has 3 aromatic carbocycles. The van der Waals surface area contributed by atoms with Crippen molar-refractivity contribution in [3.63, 3.8) is 0 Å². The van der Waals surface area contributed by atoms with Crippen LogP contribution in [0.3, 0.4) is 0 Å². The Hall–Kier alpha value is -2.89. The average molecular weight is 465 g/mol. The van der Waals surface area contributed by atoms with Crippen molar-refractivity contribution in [3.8, 4) is 0 Å². The standard InChI is InChI=1S/C26H22ClFN2OS/c1-15-8-10-19(12-17(15)3)29-26-30(20-11-9-16(2)18(4)13-20)25(31)24(32-26)14-21-22(27)6-5-7-23(21)28/h5-14H,1-4H3/b24-14+,29-26?. The van der Waals surface area contributed by atoms with Crippen molar-refractivity contribution in [2.24, 2.45) is 4.99 Å². The number of benzene rings is 3. The fourth-order valence-corrected chi connectivity index (χ4v) is 4.53. The molecule has 0 saturated carbocycles. The fraction of sp³-hybridized carbons (Fsp3) is 0.154. The molecule has 1 heterocycles. The van der Waals surface area contributed by atoms with Crippen LogP contribution >= 0.6 is 23.4 Å². The summed E-state index contributed by atoms with van der Waals surface area (Å²) in [4.78, 5) is 20.2. The van der Waals surface area contributed by atoms with Gasteiger partial charge in [-0.1, -0.05) is 29.8 Å². The Balaban J connectivity index is 1.84. The van der Waals surface area contributed by atoms with E-state index in [2.05, 4.69) is 0 Å². The van der Waals surface area contributed by atoms with Gasteiger partial charge in [0.05, 0.1) is 21.3 Å². The van der Waals surface area contributed by atoms with E-state index in [0.717, 1.165) is 28.1 Å². The van der Waals surface area contributed by atoms with E-state index in [-0.39, 0.29) is 16.5 Å². The molecule has 3 aromatic rings. The minimum Gasteiger partial charge on any atom is -0.268 e. The molecule has 4 rings (SSSR count). The van der Waals surface area contributed by atoms with Crippen molar-refractivity contribution in [2.45, 2.75) is 27.7 Å². The summed E-state index contributed by atoms with van der Waals surface area (Å²) in [5.41, 5.74) is 6.16. The average Bonchev–Trinajstić information content (AvgIpc) is 3.04. The fourth-order valence-electron chi connectivity index (χ4n) is 3.33. The Labute approximate surface area is 196 Å². The maximum absolute atomic E-state index is 14.4. The predicted octanol–water partition coefficient (Wildman–Crippen LogP) is 7.52. The Morgan fingerprint density at radius 2 is 1.62 bits per heavy atom. The van der Waals surface area contributed by atoms with Crippen LogP contribution in [0.5, 0.6) is 0 Å². The van der Waals surface area contributed by atoms with Gasteiger partial charge in [-0.25, -0.2) is 9.38 Å². The molecule has 32 heavy (non-hydrogen) atoms. The second-order valence-electron chi connectivity index (χ2n) is 7.82. The van der Waals surface area contributed by atoms with Gasteiger partial charge < -0.3 is 0 Å². The minimum atomic E-state index is -0.476. The summed E-state index contributed by atoms with van der Waals surface area (Å²) in [6.45, 7) is 8.09. The van der Waals surface area contributed by atoms with E-state index in [1.807, 2.05) is 64.1 Å². The molecular formula is C26H22ClFN2OS. The molecule has 1 aliphatic heterocycles. The zero-order valence-corrected chi connectivity index (χ0v) is 19.8. The first-order valence-corrected chi connectivity index (χ1v) is 11.4. The number of hydrogen-bond donors (Lipinski definition) is 0. The lowest BCUT2D eigenvalue weighted by atomic mass is 10.1. The molecule has 0 aliphatic carbocycles. The summed E-state index contributed by atoms with van der Waals surface area (Å²) in [5, 5.41) is 0.767. The number of thioether (sulfide) groups is 1. The van der Waals surface area contributed by atoms with Crippen molar-refractivity contribution in [3.05, 3.63) is 98.2 Å². The van der Waals surface area contributed by atoms with Crippen molar-refractivity contribution in [1.29, 1.82) is 0 Å². The van der Waals surface area contributed by atoms with E-state index in [1.54, 1.807) is 11.0 Å². The number of nitrogens with zero attached hydrogens (tertiary/aromatic N) is 2. The quantitative estimate of drug-likeness (QED) is 0.375. The SMILES string of the molecule is Cc1ccc(N=C2S/C(=C/c3c(F)cccc3Cl)C(=O)N2c2ccc(C)c(C)c2)cc1C. The van der Waals surface area contributed by atoms with Gasteiger partial charge in [0.2, 0.25) is 0 Å². The van der Waals surface area contributed by atoms with Crippen LogP contribution in [0, 0.1) is 33.5 Å². The van der Waals surface area contributed by atoms with Gasteiger partial charge in [0.25, 0.3) is 5.91 Å². The third-order valence-corrected chi connectivity index (χ3v) is 6.84. The van der Waals surface area contributed by atoms with Gasteiger partial charge >= 0.3 is 0 Å². The Bertz CT molecular complexity index is 1280. The van der Waals surface area contributed by atoms with Crippen LogP contribution in [-0.4, -0.2) is 11.1 Å². The van der Waals surface area contributed by atoms with Crippen LogP contribution < -0.4 is 4.90 Å². The number of anilines is 1. The smallest absolute Gasteiger partial charge is 0.268 e. The van der Waals surface area contributed by atoms with Crippen molar-refractivity contribution < 1.29 is 9.18 Å². The molecule has 0 atom stereocenters. The van der Waals surface area contributed by atoms with Gasteiger partial charge in [-0.2, -0.15) is 0 Å². The zero-order chi connectivity index (χ0) is 23.0. The molecule has 6 heteroatoms. The minimum absolute atomic E-state index is 0.192. The second kappa shape index (κ2) is 8.93. The van der Waals surface area contributed by atoms with E-state index in [9.17, 15) is 9.18 Å². The highest BCUT2D eigenvalue weighted by molar-refractivity contribution is 8.19. The molecule has 0 bridgehead atoms. The van der Waals surface area contributed by atoms with Gasteiger partial charge in [-0.15, -0.1) is 0 Å². The van der Waals surface area contributed by atoms with E-state index >= 15 is 0 Å². The van der Waals surface area contributed by atoms with E-state index in [1.165, 1.54) is 35.5 Å². The van der Waals surface area contributed by atoms with Crippen molar-refractivity contribution in [1.82, 2.24) is 0 Å². The topological polar surface area (TPSA) is 32.7 Å². The summed E-state index contributed by atoms with van der Waals surface area (Å²) in [7, 11) is 0. The molecule has 0 aromatic heterocycles. The number of amidine groups is 1. The largest absolute Gasteiger partial charge is 0.271 e. The zero-order valence-electron chi connectivity index (χ0n) is 18.2. The van der Waals surface area contributed by atoms with Crippen molar-refractivity contribution >= 4 is 51.9 Å². The third kappa shape index (κ3) is 4.36. The second-order valence-corrected chi connectivity index (χ2v) is 9.23. The molecule has 0 unspecified atom stereocenters. The van der Waals surface area contributed by atoms with Gasteiger partial charge in [-0.3, -0.25) is 9.69 Å². The summed E-state index contributed by atoms with van der Waals surface area (Å²) in [6.07, 6.45) is 1.50. The lowest BCUT2D eigenvalue weighted by Crippen LogP contribution is -2.28. The highest BCUT2D eigenvalue weighted by atomic mass is 35.5. The number of carbonyl (C=O) groups excluding carboxylic acids is 1. The Morgan fingerprint density at radius 1 is 0.938 bits per heavy atom. The summed E-state index contributed by atoms with van der Waals surface area (Å²) in [5.74, 6) is -0.740. The van der Waals surface area contributed by atoms with Crippen LogP contribution in [0.2, 0.25) is 5.02 Å². The molecule has 0 spiro atoms. The molecule has 1 fully saturated rings. The molecule has 0 radical (unpaired) electrons. The van der Waals surface area contributed by atoms with Gasteiger partial charge in [0.15, 0.2) is 5.17 Å². The number of amides is 1. The molecular weight excluding hydrogens is 443 g/mol. The number of hydrogen-bond acceptors (Lipinski definition) is 3. The third-order valence-electron chi connectivity index (χ3n) is 5.55. The van der Waals surface area contributed by atoms with Gasteiger partial charge in [-0.05, 0) is 104 Å². The van der Waals surface area contributed by atoms with Crippen LogP contribution in [-0.2, 0) is 4.79 Å². The molecule has 1 saturated heterocycles. The van der Waals surface area contributed by atoms with Crippen molar-refractivity contribution in [2.75, 3.05) is 4.90 Å². The molecule has 3 nitrogen and oxygen atoms in total. The summed E-state index contributed by atoms with van der Waals surface area (Å²) < 4.78 is 14.4. The van der Waals surface area contributed by atoms with E-state index in [0.29, 0.717) is 10.1 Å². The van der Waals surface area contributed by atoms with Crippen LogP contribution in [0.4, 0.5) is 15.8 Å². The first-order valence-electron chi connectivity index (χ1n) is 10.2. The Morgan fingerprint density at radius 3 is 2.28 bits per heavy atom. The lowest BCUT2D eigenvalue weighted by Gasteiger charge is -2.17. The van der Waals surface area contributed by atoms with Crippen LogP contribution in [0.25, 0.3) is 6.08 Å².